The van der Waals surface area contributed by atoms with Gasteiger partial charge in [0, 0.05) is 11.8 Å². The molecule has 0 saturated heterocycles. The minimum Gasteiger partial charge on any atom is -0.484 e. The molecule has 0 bridgehead atoms. The molecular weight excluding hydrogens is 295 g/mol. The highest BCUT2D eigenvalue weighted by Crippen LogP contribution is 2.26. The van der Waals surface area contributed by atoms with E-state index in [2.05, 4.69) is 10.3 Å². The van der Waals surface area contributed by atoms with Crippen LogP contribution in [0.1, 0.15) is 0 Å². The third-order valence-corrected chi connectivity index (χ3v) is 3.72. The molecule has 0 unspecified atom stereocenters. The monoisotopic (exact) mass is 304 g/mol. The van der Waals surface area contributed by atoms with Crippen molar-refractivity contribution in [2.45, 2.75) is 0 Å². The van der Waals surface area contributed by atoms with Crippen LogP contribution in [0.15, 0.2) is 23.2 Å². The van der Waals surface area contributed by atoms with Crippen LogP contribution in [-0.2, 0) is 4.79 Å². The van der Waals surface area contributed by atoms with E-state index in [1.54, 1.807) is 18.2 Å². The molecule has 0 radical (unpaired) electrons. The Morgan fingerprint density at radius 1 is 1.44 bits per heavy atom. The summed E-state index contributed by atoms with van der Waals surface area (Å²) in [5, 5.41) is 4.16. The summed E-state index contributed by atoms with van der Waals surface area (Å²) >= 11 is 13.1. The van der Waals surface area contributed by atoms with E-state index >= 15 is 0 Å². The number of thioether (sulfide) groups is 1. The van der Waals surface area contributed by atoms with Crippen molar-refractivity contribution in [3.63, 3.8) is 0 Å². The summed E-state index contributed by atoms with van der Waals surface area (Å²) in [6, 6.07) is 4.84. The van der Waals surface area contributed by atoms with Crippen molar-refractivity contribution in [1.82, 2.24) is 5.32 Å². The fraction of sp³-hybridized carbons (Fsp3) is 0.273. The number of amidine groups is 1. The van der Waals surface area contributed by atoms with E-state index in [4.69, 9.17) is 27.9 Å². The van der Waals surface area contributed by atoms with E-state index in [-0.39, 0.29) is 12.5 Å². The fourth-order valence-electron chi connectivity index (χ4n) is 1.28. The number of benzene rings is 1. The van der Waals surface area contributed by atoms with Crippen LogP contribution in [-0.4, -0.2) is 30.0 Å². The van der Waals surface area contributed by atoms with Crippen LogP contribution >= 0.6 is 35.0 Å². The van der Waals surface area contributed by atoms with E-state index in [1.807, 2.05) is 0 Å². The molecule has 18 heavy (non-hydrogen) atoms. The zero-order chi connectivity index (χ0) is 13.0. The smallest absolute Gasteiger partial charge is 0.263 e. The van der Waals surface area contributed by atoms with Gasteiger partial charge in [-0.1, -0.05) is 35.0 Å². The van der Waals surface area contributed by atoms with Gasteiger partial charge >= 0.3 is 0 Å². The van der Waals surface area contributed by atoms with Crippen molar-refractivity contribution in [1.29, 1.82) is 0 Å². The Morgan fingerprint density at radius 2 is 2.28 bits per heavy atom. The van der Waals surface area contributed by atoms with E-state index in [0.717, 1.165) is 12.3 Å². The van der Waals surface area contributed by atoms with Crippen LogP contribution in [0.4, 0.5) is 0 Å². The predicted octanol–water partition coefficient (Wildman–Crippen LogP) is 2.59. The molecule has 1 aromatic rings. The second-order valence-corrected chi connectivity index (χ2v) is 5.35. The molecule has 1 heterocycles. The molecule has 0 aromatic heterocycles. The molecular formula is C11H10Cl2N2O2S. The first-order valence-corrected chi connectivity index (χ1v) is 6.94. The third-order valence-electron chi connectivity index (χ3n) is 2.09. The quantitative estimate of drug-likeness (QED) is 0.934. The van der Waals surface area contributed by atoms with Crippen LogP contribution in [0.2, 0.25) is 10.0 Å². The Balaban J connectivity index is 1.83. The fourth-order valence-corrected chi connectivity index (χ4v) is 2.31. The summed E-state index contributed by atoms with van der Waals surface area (Å²) in [6.07, 6.45) is 0. The molecule has 1 N–H and O–H groups in total. The molecule has 96 valence electrons. The number of hydrogen-bond donors (Lipinski definition) is 1. The van der Waals surface area contributed by atoms with E-state index < -0.39 is 0 Å². The van der Waals surface area contributed by atoms with Gasteiger partial charge in [-0.15, -0.1) is 0 Å². The van der Waals surface area contributed by atoms with E-state index in [0.29, 0.717) is 21.0 Å². The lowest BCUT2D eigenvalue weighted by atomic mass is 10.3. The zero-order valence-electron chi connectivity index (χ0n) is 9.28. The highest BCUT2D eigenvalue weighted by Gasteiger charge is 2.11. The summed E-state index contributed by atoms with van der Waals surface area (Å²) in [5.41, 5.74) is 0. The first-order chi connectivity index (χ1) is 8.65. The molecule has 0 saturated carbocycles. The Labute approximate surface area is 119 Å². The Bertz CT molecular complexity index is 494. The number of carbonyl (C=O) groups excluding carboxylic acids is 1. The van der Waals surface area contributed by atoms with Gasteiger partial charge in [-0.3, -0.25) is 9.79 Å². The number of carbonyl (C=O) groups is 1. The number of ether oxygens (including phenoxy) is 1. The molecule has 0 fully saturated rings. The molecule has 1 amide bonds. The summed E-state index contributed by atoms with van der Waals surface area (Å²) in [6.45, 7) is 0.658. The lowest BCUT2D eigenvalue weighted by Crippen LogP contribution is -2.32. The normalized spacial score (nSPS) is 14.2. The van der Waals surface area contributed by atoms with Crippen LogP contribution in [0.25, 0.3) is 0 Å². The summed E-state index contributed by atoms with van der Waals surface area (Å²) < 4.78 is 5.29. The van der Waals surface area contributed by atoms with Gasteiger partial charge in [0.1, 0.15) is 5.75 Å². The maximum Gasteiger partial charge on any atom is 0.263 e. The molecule has 2 rings (SSSR count). The topological polar surface area (TPSA) is 50.7 Å². The number of aliphatic imine (C=N–C) groups is 1. The van der Waals surface area contributed by atoms with Crippen molar-refractivity contribution in [3.8, 4) is 5.75 Å². The second kappa shape index (κ2) is 6.31. The molecule has 1 aliphatic rings. The van der Waals surface area contributed by atoms with Crippen LogP contribution in [0.5, 0.6) is 5.75 Å². The van der Waals surface area contributed by atoms with Gasteiger partial charge in [-0.2, -0.15) is 0 Å². The number of rotatable bonds is 3. The van der Waals surface area contributed by atoms with Gasteiger partial charge in [-0.25, -0.2) is 0 Å². The molecule has 0 atom stereocenters. The average molecular weight is 305 g/mol. The molecule has 0 aliphatic carbocycles. The number of hydrogen-bond acceptors (Lipinski definition) is 4. The van der Waals surface area contributed by atoms with Crippen LogP contribution in [0.3, 0.4) is 0 Å². The maximum absolute atomic E-state index is 11.5. The molecule has 1 aromatic carbocycles. The lowest BCUT2D eigenvalue weighted by molar-refractivity contribution is -0.121. The summed E-state index contributed by atoms with van der Waals surface area (Å²) in [7, 11) is 0. The second-order valence-electron chi connectivity index (χ2n) is 3.45. The van der Waals surface area contributed by atoms with Gasteiger partial charge in [-0.05, 0) is 12.1 Å². The van der Waals surface area contributed by atoms with Crippen LogP contribution in [0, 0.1) is 0 Å². The zero-order valence-corrected chi connectivity index (χ0v) is 11.6. The van der Waals surface area contributed by atoms with Crippen molar-refractivity contribution in [3.05, 3.63) is 28.2 Å². The summed E-state index contributed by atoms with van der Waals surface area (Å²) in [4.78, 5) is 15.6. The van der Waals surface area contributed by atoms with E-state index in [1.165, 1.54) is 11.8 Å². The first-order valence-electron chi connectivity index (χ1n) is 5.20. The number of nitrogens with one attached hydrogen (secondary N) is 1. The predicted molar refractivity (Wildman–Crippen MR) is 74.9 cm³/mol. The van der Waals surface area contributed by atoms with E-state index in [9.17, 15) is 4.79 Å². The van der Waals surface area contributed by atoms with Gasteiger partial charge < -0.3 is 10.1 Å². The maximum atomic E-state index is 11.5. The van der Waals surface area contributed by atoms with Crippen molar-refractivity contribution in [2.24, 2.45) is 4.99 Å². The molecule has 4 nitrogen and oxygen atoms in total. The minimum absolute atomic E-state index is 0.0858. The molecule has 0 spiro atoms. The molecule has 7 heteroatoms. The Hall–Kier alpha value is -0.910. The highest BCUT2D eigenvalue weighted by molar-refractivity contribution is 8.14. The Kier molecular flexibility index (Phi) is 4.74. The lowest BCUT2D eigenvalue weighted by Gasteiger charge is -2.07. The van der Waals surface area contributed by atoms with Gasteiger partial charge in [0.15, 0.2) is 11.8 Å². The number of nitrogens with zero attached hydrogens (tertiary/aromatic N) is 1. The SMILES string of the molecule is O=C(COc1ccc(Cl)c(Cl)c1)NC1=NCCS1. The van der Waals surface area contributed by atoms with Crippen LogP contribution < -0.4 is 10.1 Å². The third kappa shape index (κ3) is 3.80. The number of halogens is 2. The van der Waals surface area contributed by atoms with Gasteiger partial charge in [0.05, 0.1) is 16.6 Å². The van der Waals surface area contributed by atoms with Gasteiger partial charge in [0.25, 0.3) is 5.91 Å². The largest absolute Gasteiger partial charge is 0.484 e. The average Bonchev–Trinajstić information content (AvgIpc) is 2.83. The minimum atomic E-state index is -0.241. The first kappa shape index (κ1) is 13.5. The standard InChI is InChI=1S/C11H10Cl2N2O2S/c12-8-2-1-7(5-9(8)13)17-6-10(16)15-11-14-3-4-18-11/h1-2,5H,3-4,6H2,(H,14,15,16). The van der Waals surface area contributed by atoms with Crippen molar-refractivity contribution < 1.29 is 9.53 Å². The number of amides is 1. The van der Waals surface area contributed by atoms with Crippen molar-refractivity contribution in [2.75, 3.05) is 18.9 Å². The van der Waals surface area contributed by atoms with Crippen molar-refractivity contribution >= 4 is 46.0 Å². The molecule has 1 aliphatic heterocycles. The Morgan fingerprint density at radius 3 is 2.94 bits per heavy atom. The van der Waals surface area contributed by atoms with Gasteiger partial charge in [0.2, 0.25) is 0 Å². The highest BCUT2D eigenvalue weighted by atomic mass is 35.5. The summed E-state index contributed by atoms with van der Waals surface area (Å²) in [5.74, 6) is 1.17.